The van der Waals surface area contributed by atoms with Crippen molar-refractivity contribution in [2.45, 2.75) is 18.7 Å². The minimum atomic E-state index is -1.17. The number of ether oxygens (including phenoxy) is 1. The van der Waals surface area contributed by atoms with Crippen molar-refractivity contribution in [2.24, 2.45) is 0 Å². The maximum Gasteiger partial charge on any atom is 0.223 e. The van der Waals surface area contributed by atoms with Crippen LogP contribution < -0.4 is 4.90 Å². The van der Waals surface area contributed by atoms with Crippen LogP contribution >= 0.6 is 0 Å². The summed E-state index contributed by atoms with van der Waals surface area (Å²) in [6.07, 6.45) is 1.32. The van der Waals surface area contributed by atoms with Crippen molar-refractivity contribution >= 4 is 0 Å². The molecule has 0 saturated carbocycles. The van der Waals surface area contributed by atoms with Crippen LogP contribution in [0.1, 0.15) is 12.5 Å². The Morgan fingerprint density at radius 2 is 1.90 bits per heavy atom. The lowest BCUT2D eigenvalue weighted by atomic mass is 9.91. The largest absolute Gasteiger partial charge is 0.373 e. The van der Waals surface area contributed by atoms with E-state index in [9.17, 15) is 10.3 Å². The summed E-state index contributed by atoms with van der Waals surface area (Å²) in [6.45, 7) is 4.68. The molecule has 0 amide bonds. The molecule has 1 aromatic rings. The highest BCUT2D eigenvalue weighted by Gasteiger charge is 2.52. The molecule has 1 fully saturated rings. The Kier molecular flexibility index (Phi) is 3.52. The number of rotatable bonds is 2. The topological polar surface area (TPSA) is 57.4 Å². The van der Waals surface area contributed by atoms with E-state index in [0.717, 1.165) is 23.6 Å². The third kappa shape index (κ3) is 2.13. The Morgan fingerprint density at radius 3 is 2.55 bits per heavy atom. The van der Waals surface area contributed by atoms with E-state index in [4.69, 9.17) is 4.74 Å². The highest BCUT2D eigenvalue weighted by molar-refractivity contribution is 5.33. The number of morpholine rings is 1. The number of hydroxylamine groups is 2. The fourth-order valence-corrected chi connectivity index (χ4v) is 3.19. The molecule has 5 heteroatoms. The Balaban J connectivity index is 1.98. The summed E-state index contributed by atoms with van der Waals surface area (Å²) in [7, 11) is 0. The Hall–Kier alpha value is -1.40. The smallest absolute Gasteiger partial charge is 0.223 e. The van der Waals surface area contributed by atoms with Gasteiger partial charge in [0, 0.05) is 5.70 Å². The summed E-state index contributed by atoms with van der Waals surface area (Å²) >= 11 is 0. The van der Waals surface area contributed by atoms with E-state index in [1.54, 1.807) is 6.08 Å². The standard InChI is InChI=1S/C15H20N2O3/c1-12-11-15(18,13-5-3-2-4-6-13)14(17(12)19)16-7-9-20-10-8-16/h2-6,11,14,18-19H,7-10H2,1H3/p+1/t14-,15-/m0/s1. The van der Waals surface area contributed by atoms with E-state index >= 15 is 0 Å². The molecule has 1 saturated heterocycles. The molecule has 3 rings (SSSR count). The Labute approximate surface area is 118 Å². The van der Waals surface area contributed by atoms with Gasteiger partial charge in [-0.1, -0.05) is 30.3 Å². The molecule has 0 unspecified atom stereocenters. The van der Waals surface area contributed by atoms with E-state index in [0.29, 0.717) is 18.9 Å². The molecule has 0 bridgehead atoms. The van der Waals surface area contributed by atoms with Crippen LogP contribution in [0, 0.1) is 0 Å². The molecule has 2 heterocycles. The third-order valence-corrected chi connectivity index (χ3v) is 4.21. The molecule has 0 radical (unpaired) electrons. The average Bonchev–Trinajstić information content (AvgIpc) is 2.72. The number of nitrogens with zero attached hydrogens (tertiary/aromatic N) is 1. The van der Waals surface area contributed by atoms with Crippen LogP contribution in [0.4, 0.5) is 0 Å². The highest BCUT2D eigenvalue weighted by atomic mass is 16.5. The van der Waals surface area contributed by atoms with Crippen molar-refractivity contribution in [3.05, 3.63) is 47.7 Å². The number of allylic oxidation sites excluding steroid dienone is 1. The SMILES string of the molecule is CC1=C[C@](O)(c2ccccc2)[C@@H]([NH+]2CCOCC2)N1O. The van der Waals surface area contributed by atoms with Gasteiger partial charge in [-0.05, 0) is 18.6 Å². The van der Waals surface area contributed by atoms with Gasteiger partial charge in [-0.15, -0.1) is 0 Å². The van der Waals surface area contributed by atoms with Gasteiger partial charge in [-0.3, -0.25) is 5.21 Å². The summed E-state index contributed by atoms with van der Waals surface area (Å²) in [4.78, 5) is 1.14. The first-order chi connectivity index (χ1) is 9.63. The van der Waals surface area contributed by atoms with Crippen LogP contribution in [0.2, 0.25) is 0 Å². The molecule has 5 nitrogen and oxygen atoms in total. The quantitative estimate of drug-likeness (QED) is 0.696. The van der Waals surface area contributed by atoms with Gasteiger partial charge in [0.15, 0.2) is 5.60 Å². The lowest BCUT2D eigenvalue weighted by Crippen LogP contribution is -3.20. The Morgan fingerprint density at radius 1 is 1.25 bits per heavy atom. The lowest BCUT2D eigenvalue weighted by molar-refractivity contribution is -0.955. The van der Waals surface area contributed by atoms with E-state index in [-0.39, 0.29) is 0 Å². The molecular weight excluding hydrogens is 256 g/mol. The van der Waals surface area contributed by atoms with E-state index in [2.05, 4.69) is 0 Å². The Bertz CT molecular complexity index is 499. The van der Waals surface area contributed by atoms with Gasteiger partial charge >= 0.3 is 0 Å². The fraction of sp³-hybridized carbons (Fsp3) is 0.467. The molecule has 20 heavy (non-hydrogen) atoms. The molecule has 0 aromatic heterocycles. The molecular formula is C15H21N2O3+. The molecule has 3 N–H and O–H groups in total. The van der Waals surface area contributed by atoms with Gasteiger partial charge in [-0.2, -0.15) is 0 Å². The zero-order valence-electron chi connectivity index (χ0n) is 11.6. The van der Waals surface area contributed by atoms with Crippen molar-refractivity contribution in [3.8, 4) is 0 Å². The third-order valence-electron chi connectivity index (χ3n) is 4.21. The van der Waals surface area contributed by atoms with Gasteiger partial charge in [-0.25, -0.2) is 5.06 Å². The predicted octanol–water partition coefficient (Wildman–Crippen LogP) is -0.276. The van der Waals surface area contributed by atoms with Crippen LogP contribution in [0.5, 0.6) is 0 Å². The number of nitrogens with one attached hydrogen (secondary N) is 1. The van der Waals surface area contributed by atoms with Crippen LogP contribution in [0.15, 0.2) is 42.1 Å². The molecule has 2 aliphatic rings. The number of benzene rings is 1. The number of aliphatic hydroxyl groups is 1. The minimum absolute atomic E-state index is 0.422. The second-order valence-corrected chi connectivity index (χ2v) is 5.49. The summed E-state index contributed by atoms with van der Waals surface area (Å²) in [6, 6.07) is 9.53. The van der Waals surface area contributed by atoms with E-state index in [1.807, 2.05) is 37.3 Å². The molecule has 0 spiro atoms. The maximum atomic E-state index is 11.2. The van der Waals surface area contributed by atoms with Crippen molar-refractivity contribution < 1.29 is 20.0 Å². The molecule has 1 aromatic carbocycles. The van der Waals surface area contributed by atoms with E-state index < -0.39 is 11.8 Å². The minimum Gasteiger partial charge on any atom is -0.373 e. The highest BCUT2D eigenvalue weighted by Crippen LogP contribution is 2.35. The summed E-state index contributed by atoms with van der Waals surface area (Å²) < 4.78 is 5.38. The zero-order valence-corrected chi connectivity index (χ0v) is 11.6. The molecule has 108 valence electrons. The second kappa shape index (κ2) is 5.18. The summed E-state index contributed by atoms with van der Waals surface area (Å²) in [5.41, 5.74) is 0.312. The van der Waals surface area contributed by atoms with Gasteiger partial charge in [0.05, 0.1) is 13.2 Å². The first-order valence-electron chi connectivity index (χ1n) is 7.01. The summed E-state index contributed by atoms with van der Waals surface area (Å²) in [5, 5.41) is 22.7. The molecule has 2 aliphatic heterocycles. The number of hydrogen-bond acceptors (Lipinski definition) is 4. The molecule has 2 atom stereocenters. The lowest BCUT2D eigenvalue weighted by Gasteiger charge is -2.39. The second-order valence-electron chi connectivity index (χ2n) is 5.49. The van der Waals surface area contributed by atoms with Crippen molar-refractivity contribution in [2.75, 3.05) is 26.3 Å². The first-order valence-corrected chi connectivity index (χ1v) is 7.01. The van der Waals surface area contributed by atoms with Crippen molar-refractivity contribution in [1.29, 1.82) is 0 Å². The van der Waals surface area contributed by atoms with E-state index in [1.165, 1.54) is 5.06 Å². The normalized spacial score (nSPS) is 31.4. The van der Waals surface area contributed by atoms with Gasteiger partial charge in [0.2, 0.25) is 6.17 Å². The molecule has 0 aliphatic carbocycles. The van der Waals surface area contributed by atoms with Crippen LogP contribution in [0.3, 0.4) is 0 Å². The predicted molar refractivity (Wildman–Crippen MR) is 73.0 cm³/mol. The van der Waals surface area contributed by atoms with Crippen LogP contribution in [-0.4, -0.2) is 47.8 Å². The zero-order chi connectivity index (χ0) is 14.2. The monoisotopic (exact) mass is 277 g/mol. The first kappa shape index (κ1) is 13.6. The van der Waals surface area contributed by atoms with Crippen LogP contribution in [0.25, 0.3) is 0 Å². The fourth-order valence-electron chi connectivity index (χ4n) is 3.19. The maximum absolute atomic E-state index is 11.2. The average molecular weight is 277 g/mol. The van der Waals surface area contributed by atoms with Gasteiger partial charge in [0.25, 0.3) is 0 Å². The summed E-state index contributed by atoms with van der Waals surface area (Å²) in [5.74, 6) is 0. The van der Waals surface area contributed by atoms with Crippen molar-refractivity contribution in [1.82, 2.24) is 5.06 Å². The van der Waals surface area contributed by atoms with Crippen molar-refractivity contribution in [3.63, 3.8) is 0 Å². The van der Waals surface area contributed by atoms with Crippen LogP contribution in [-0.2, 0) is 10.3 Å². The van der Waals surface area contributed by atoms with Gasteiger partial charge in [0.1, 0.15) is 13.1 Å². The van der Waals surface area contributed by atoms with Gasteiger partial charge < -0.3 is 14.7 Å². The number of hydrogen-bond donors (Lipinski definition) is 3. The number of quaternary nitrogens is 1.